The van der Waals surface area contributed by atoms with E-state index in [1.54, 1.807) is 12.6 Å². The third-order valence-electron chi connectivity index (χ3n) is 2.92. The van der Waals surface area contributed by atoms with Crippen molar-refractivity contribution in [2.24, 2.45) is 0 Å². The minimum absolute atomic E-state index is 0.256. The predicted octanol–water partition coefficient (Wildman–Crippen LogP) is 2.26. The fourth-order valence-corrected chi connectivity index (χ4v) is 2.03. The number of benzene rings is 1. The lowest BCUT2D eigenvalue weighted by Gasteiger charge is -2.05. The Kier molecular flexibility index (Phi) is 2.08. The zero-order valence-electron chi connectivity index (χ0n) is 9.81. The molecule has 4 rings (SSSR count). The van der Waals surface area contributed by atoms with Crippen LogP contribution in [0.4, 0.5) is 0 Å². The molecule has 0 radical (unpaired) electrons. The van der Waals surface area contributed by atoms with Gasteiger partial charge in [0.25, 0.3) is 0 Å². The third kappa shape index (κ3) is 1.57. The molecule has 0 bridgehead atoms. The lowest BCUT2D eigenvalue weighted by atomic mass is 10.2. The molecule has 19 heavy (non-hydrogen) atoms. The van der Waals surface area contributed by atoms with E-state index >= 15 is 0 Å². The first-order chi connectivity index (χ1) is 9.42. The monoisotopic (exact) mass is 255 g/mol. The summed E-state index contributed by atoms with van der Waals surface area (Å²) in [5.41, 5.74) is 0.889. The number of aromatic nitrogens is 3. The van der Waals surface area contributed by atoms with Gasteiger partial charge in [-0.2, -0.15) is 0 Å². The standard InChI is InChI=1S/C13H9N3O3/c1-2-11(17-5-1)13-15-14-7-16(13)9-3-4-10-12(6-9)19-8-18-10/h1-7H,8H2. The van der Waals surface area contributed by atoms with Gasteiger partial charge in [0, 0.05) is 6.07 Å². The molecule has 3 aromatic rings. The second-order valence-corrected chi connectivity index (χ2v) is 4.04. The van der Waals surface area contributed by atoms with E-state index in [-0.39, 0.29) is 6.79 Å². The van der Waals surface area contributed by atoms with Gasteiger partial charge in [0.1, 0.15) is 6.33 Å². The quantitative estimate of drug-likeness (QED) is 0.702. The molecule has 0 aliphatic carbocycles. The van der Waals surface area contributed by atoms with Crippen molar-refractivity contribution in [1.82, 2.24) is 14.8 Å². The molecule has 0 amide bonds. The Labute approximate surface area is 108 Å². The van der Waals surface area contributed by atoms with Crippen molar-refractivity contribution >= 4 is 0 Å². The number of fused-ring (bicyclic) bond motifs is 1. The summed E-state index contributed by atoms with van der Waals surface area (Å²) in [4.78, 5) is 0. The van der Waals surface area contributed by atoms with E-state index in [4.69, 9.17) is 13.9 Å². The fourth-order valence-electron chi connectivity index (χ4n) is 2.03. The number of furan rings is 1. The number of hydrogen-bond acceptors (Lipinski definition) is 5. The summed E-state index contributed by atoms with van der Waals surface area (Å²) in [6.45, 7) is 0.256. The van der Waals surface area contributed by atoms with Gasteiger partial charge >= 0.3 is 0 Å². The van der Waals surface area contributed by atoms with Gasteiger partial charge in [-0.05, 0) is 24.3 Å². The third-order valence-corrected chi connectivity index (χ3v) is 2.92. The maximum atomic E-state index is 5.37. The average molecular weight is 255 g/mol. The van der Waals surface area contributed by atoms with Gasteiger partial charge in [-0.15, -0.1) is 10.2 Å². The van der Waals surface area contributed by atoms with Gasteiger partial charge in [-0.1, -0.05) is 0 Å². The van der Waals surface area contributed by atoms with Crippen LogP contribution in [0.5, 0.6) is 11.5 Å². The molecule has 0 unspecified atom stereocenters. The zero-order chi connectivity index (χ0) is 12.7. The second kappa shape index (κ2) is 3.88. The van der Waals surface area contributed by atoms with Gasteiger partial charge < -0.3 is 13.9 Å². The van der Waals surface area contributed by atoms with Crippen molar-refractivity contribution in [2.45, 2.75) is 0 Å². The minimum atomic E-state index is 0.256. The molecule has 0 spiro atoms. The molecule has 0 saturated heterocycles. The van der Waals surface area contributed by atoms with E-state index in [0.717, 1.165) is 17.2 Å². The van der Waals surface area contributed by atoms with Crippen LogP contribution in [0.2, 0.25) is 0 Å². The molecule has 2 aromatic heterocycles. The van der Waals surface area contributed by atoms with Crippen molar-refractivity contribution in [3.8, 4) is 28.8 Å². The molecule has 1 aliphatic rings. The Bertz CT molecular complexity index is 719. The molecule has 94 valence electrons. The summed E-state index contributed by atoms with van der Waals surface area (Å²) in [6, 6.07) is 9.33. The second-order valence-electron chi connectivity index (χ2n) is 4.04. The summed E-state index contributed by atoms with van der Waals surface area (Å²) in [6.07, 6.45) is 3.24. The van der Waals surface area contributed by atoms with E-state index in [2.05, 4.69) is 10.2 Å². The normalized spacial score (nSPS) is 12.8. The average Bonchev–Trinajstić information content (AvgIpc) is 3.18. The Morgan fingerprint density at radius 1 is 1.11 bits per heavy atom. The van der Waals surface area contributed by atoms with E-state index in [9.17, 15) is 0 Å². The Hall–Kier alpha value is -2.76. The lowest BCUT2D eigenvalue weighted by Crippen LogP contribution is -1.95. The first-order valence-electron chi connectivity index (χ1n) is 5.76. The van der Waals surface area contributed by atoms with Crippen LogP contribution < -0.4 is 9.47 Å². The number of ether oxygens (including phenoxy) is 2. The smallest absolute Gasteiger partial charge is 0.231 e. The highest BCUT2D eigenvalue weighted by Crippen LogP contribution is 2.34. The summed E-state index contributed by atoms with van der Waals surface area (Å²) in [5.74, 6) is 2.77. The number of nitrogens with zero attached hydrogens (tertiary/aromatic N) is 3. The van der Waals surface area contributed by atoms with Gasteiger partial charge in [0.05, 0.1) is 12.0 Å². The summed E-state index contributed by atoms with van der Waals surface area (Å²) >= 11 is 0. The van der Waals surface area contributed by atoms with Crippen LogP contribution in [0.1, 0.15) is 0 Å². The van der Waals surface area contributed by atoms with Crippen molar-refractivity contribution in [1.29, 1.82) is 0 Å². The first-order valence-corrected chi connectivity index (χ1v) is 5.76. The molecular weight excluding hydrogens is 246 g/mol. The molecule has 0 N–H and O–H groups in total. The van der Waals surface area contributed by atoms with Crippen molar-refractivity contribution < 1.29 is 13.9 Å². The van der Waals surface area contributed by atoms with E-state index in [0.29, 0.717) is 11.6 Å². The highest BCUT2D eigenvalue weighted by atomic mass is 16.7. The molecule has 0 saturated carbocycles. The molecule has 6 nitrogen and oxygen atoms in total. The van der Waals surface area contributed by atoms with E-state index in [1.807, 2.05) is 34.9 Å². The highest BCUT2D eigenvalue weighted by Gasteiger charge is 2.16. The Balaban J connectivity index is 1.83. The SMILES string of the molecule is c1coc(-c2nncn2-c2ccc3c(c2)OCO3)c1. The number of rotatable bonds is 2. The van der Waals surface area contributed by atoms with Crippen LogP contribution in [0, 0.1) is 0 Å². The van der Waals surface area contributed by atoms with Gasteiger partial charge in [-0.3, -0.25) is 4.57 Å². The molecular formula is C13H9N3O3. The summed E-state index contributed by atoms with van der Waals surface area (Å²) in [7, 11) is 0. The van der Waals surface area contributed by atoms with Gasteiger partial charge in [0.2, 0.25) is 12.6 Å². The Morgan fingerprint density at radius 3 is 2.95 bits per heavy atom. The molecule has 0 fully saturated rings. The van der Waals surface area contributed by atoms with Gasteiger partial charge in [-0.25, -0.2) is 0 Å². The van der Waals surface area contributed by atoms with E-state index in [1.165, 1.54) is 0 Å². The Morgan fingerprint density at radius 2 is 2.05 bits per heavy atom. The van der Waals surface area contributed by atoms with E-state index < -0.39 is 0 Å². The molecule has 0 atom stereocenters. The summed E-state index contributed by atoms with van der Waals surface area (Å²) in [5, 5.41) is 8.00. The first kappa shape index (κ1) is 10.2. The maximum Gasteiger partial charge on any atom is 0.231 e. The predicted molar refractivity (Wildman–Crippen MR) is 65.2 cm³/mol. The minimum Gasteiger partial charge on any atom is -0.461 e. The van der Waals surface area contributed by atoms with Crippen molar-refractivity contribution in [3.05, 3.63) is 42.9 Å². The zero-order valence-corrected chi connectivity index (χ0v) is 9.81. The lowest BCUT2D eigenvalue weighted by molar-refractivity contribution is 0.174. The maximum absolute atomic E-state index is 5.37. The fraction of sp³-hybridized carbons (Fsp3) is 0.0769. The highest BCUT2D eigenvalue weighted by molar-refractivity contribution is 5.55. The van der Waals surface area contributed by atoms with Crippen molar-refractivity contribution in [2.75, 3.05) is 6.79 Å². The summed E-state index contributed by atoms with van der Waals surface area (Å²) < 4.78 is 17.8. The molecule has 1 aliphatic heterocycles. The topological polar surface area (TPSA) is 62.3 Å². The largest absolute Gasteiger partial charge is 0.461 e. The van der Waals surface area contributed by atoms with Crippen molar-refractivity contribution in [3.63, 3.8) is 0 Å². The van der Waals surface area contributed by atoms with Crippen LogP contribution in [0.3, 0.4) is 0 Å². The van der Waals surface area contributed by atoms with Crippen LogP contribution in [-0.4, -0.2) is 21.6 Å². The molecule has 6 heteroatoms. The van der Waals surface area contributed by atoms with Crippen LogP contribution in [-0.2, 0) is 0 Å². The van der Waals surface area contributed by atoms with Crippen LogP contribution in [0.25, 0.3) is 17.3 Å². The molecule has 1 aromatic carbocycles. The van der Waals surface area contributed by atoms with Crippen LogP contribution in [0.15, 0.2) is 47.3 Å². The van der Waals surface area contributed by atoms with Crippen LogP contribution >= 0.6 is 0 Å². The molecule has 3 heterocycles. The number of hydrogen-bond donors (Lipinski definition) is 0. The van der Waals surface area contributed by atoms with Gasteiger partial charge in [0.15, 0.2) is 17.3 Å².